The highest BCUT2D eigenvalue weighted by Gasteiger charge is 2.29. The zero-order valence-corrected chi connectivity index (χ0v) is 15.8. The Labute approximate surface area is 152 Å². The van der Waals surface area contributed by atoms with Gasteiger partial charge in [0.2, 0.25) is 5.91 Å². The zero-order chi connectivity index (χ0) is 18.9. The second-order valence-corrected chi connectivity index (χ2v) is 9.45. The Hall–Kier alpha value is -2.22. The minimum Gasteiger partial charge on any atom is -0.352 e. The van der Waals surface area contributed by atoms with Gasteiger partial charge in [-0.2, -0.15) is 5.10 Å². The Bertz CT molecular complexity index is 995. The van der Waals surface area contributed by atoms with Crippen LogP contribution in [0.1, 0.15) is 26.0 Å². The van der Waals surface area contributed by atoms with Gasteiger partial charge in [-0.05, 0) is 18.4 Å². The van der Waals surface area contributed by atoms with E-state index in [1.165, 1.54) is 4.68 Å². The molecule has 3 rings (SSSR count). The molecular formula is C18H23N3O4S. The monoisotopic (exact) mass is 377 g/mol. The number of nitrogens with one attached hydrogen (secondary N) is 1. The minimum atomic E-state index is -3.05. The lowest BCUT2D eigenvalue weighted by Gasteiger charge is -2.14. The predicted octanol–water partition coefficient (Wildman–Crippen LogP) is 0.898. The number of hydrogen-bond acceptors (Lipinski definition) is 5. The summed E-state index contributed by atoms with van der Waals surface area (Å²) in [5.41, 5.74) is 0.361. The SMILES string of the molecule is CC(C)Cn1nc(CC(=O)N[C@H]2CCS(=O)(=O)C2)c2ccccc2c1=O. The molecule has 0 unspecified atom stereocenters. The van der Waals surface area contributed by atoms with Crippen molar-refractivity contribution in [2.24, 2.45) is 5.92 Å². The first-order valence-electron chi connectivity index (χ1n) is 8.73. The number of aromatic nitrogens is 2. The largest absolute Gasteiger partial charge is 0.352 e. The van der Waals surface area contributed by atoms with Crippen LogP contribution in [0.15, 0.2) is 29.1 Å². The van der Waals surface area contributed by atoms with E-state index in [9.17, 15) is 18.0 Å². The van der Waals surface area contributed by atoms with Gasteiger partial charge in [0, 0.05) is 18.0 Å². The van der Waals surface area contributed by atoms with E-state index in [0.29, 0.717) is 29.4 Å². The Morgan fingerprint density at radius 2 is 2.00 bits per heavy atom. The lowest BCUT2D eigenvalue weighted by Crippen LogP contribution is -2.37. The smallest absolute Gasteiger partial charge is 0.274 e. The molecule has 1 fully saturated rings. The summed E-state index contributed by atoms with van der Waals surface area (Å²) in [6.07, 6.45) is 0.449. The van der Waals surface area contributed by atoms with Crippen molar-refractivity contribution in [1.29, 1.82) is 0 Å². The lowest BCUT2D eigenvalue weighted by molar-refractivity contribution is -0.121. The van der Waals surface area contributed by atoms with Gasteiger partial charge in [-0.15, -0.1) is 0 Å². The quantitative estimate of drug-likeness (QED) is 0.835. The topological polar surface area (TPSA) is 98.1 Å². The number of carbonyl (C=O) groups excluding carboxylic acids is 1. The number of carbonyl (C=O) groups is 1. The molecule has 0 spiro atoms. The minimum absolute atomic E-state index is 0.00936. The number of hydrogen-bond donors (Lipinski definition) is 1. The molecule has 1 atom stereocenters. The van der Waals surface area contributed by atoms with Crippen LogP contribution in [0.2, 0.25) is 0 Å². The lowest BCUT2D eigenvalue weighted by atomic mass is 10.1. The molecule has 1 aromatic carbocycles. The summed E-state index contributed by atoms with van der Waals surface area (Å²) in [6.45, 7) is 4.46. The van der Waals surface area contributed by atoms with Gasteiger partial charge >= 0.3 is 0 Å². The van der Waals surface area contributed by atoms with E-state index in [-0.39, 0.29) is 41.4 Å². The predicted molar refractivity (Wildman–Crippen MR) is 99.7 cm³/mol. The first-order valence-corrected chi connectivity index (χ1v) is 10.6. The van der Waals surface area contributed by atoms with Crippen LogP contribution in [0, 0.1) is 5.92 Å². The standard InChI is InChI=1S/C18H23N3O4S/c1-12(2)10-21-18(23)15-6-4-3-5-14(15)16(20-21)9-17(22)19-13-7-8-26(24,25)11-13/h3-6,12-13H,7-11H2,1-2H3,(H,19,22)/t13-/m0/s1. The maximum atomic E-state index is 12.6. The van der Waals surface area contributed by atoms with Gasteiger partial charge in [0.05, 0.1) is 29.0 Å². The van der Waals surface area contributed by atoms with E-state index in [0.717, 1.165) is 0 Å². The summed E-state index contributed by atoms with van der Waals surface area (Å²) in [5, 5.41) is 8.38. The molecule has 140 valence electrons. The Kier molecular flexibility index (Phi) is 5.13. The number of amides is 1. The van der Waals surface area contributed by atoms with E-state index in [1.54, 1.807) is 24.3 Å². The first kappa shape index (κ1) is 18.6. The number of benzene rings is 1. The zero-order valence-electron chi connectivity index (χ0n) is 14.9. The molecule has 0 bridgehead atoms. The van der Waals surface area contributed by atoms with Crippen molar-refractivity contribution in [1.82, 2.24) is 15.1 Å². The van der Waals surface area contributed by atoms with Crippen molar-refractivity contribution in [2.75, 3.05) is 11.5 Å². The van der Waals surface area contributed by atoms with Crippen LogP contribution in [-0.2, 0) is 27.6 Å². The summed E-state index contributed by atoms with van der Waals surface area (Å²) in [7, 11) is -3.05. The summed E-state index contributed by atoms with van der Waals surface area (Å²) < 4.78 is 24.5. The molecule has 0 radical (unpaired) electrons. The normalized spacial score (nSPS) is 19.1. The summed E-state index contributed by atoms with van der Waals surface area (Å²) >= 11 is 0. The maximum Gasteiger partial charge on any atom is 0.274 e. The Balaban J connectivity index is 1.88. The van der Waals surface area contributed by atoms with Gasteiger partial charge in [-0.1, -0.05) is 32.0 Å². The molecule has 7 nitrogen and oxygen atoms in total. The van der Waals surface area contributed by atoms with Gasteiger partial charge in [0.15, 0.2) is 9.84 Å². The third-order valence-corrected chi connectivity index (χ3v) is 6.18. The fourth-order valence-corrected chi connectivity index (χ4v) is 4.92. The van der Waals surface area contributed by atoms with Crippen molar-refractivity contribution < 1.29 is 13.2 Å². The van der Waals surface area contributed by atoms with Gasteiger partial charge in [0.25, 0.3) is 5.56 Å². The van der Waals surface area contributed by atoms with Gasteiger partial charge in [0.1, 0.15) is 0 Å². The highest BCUT2D eigenvalue weighted by Crippen LogP contribution is 2.15. The molecule has 1 aromatic heterocycles. The van der Waals surface area contributed by atoms with Crippen molar-refractivity contribution >= 4 is 26.5 Å². The van der Waals surface area contributed by atoms with Crippen molar-refractivity contribution in [3.8, 4) is 0 Å². The molecule has 1 N–H and O–H groups in total. The molecule has 1 aliphatic heterocycles. The van der Waals surface area contributed by atoms with Crippen LogP contribution >= 0.6 is 0 Å². The maximum absolute atomic E-state index is 12.6. The molecule has 1 saturated heterocycles. The van der Waals surface area contributed by atoms with E-state index in [1.807, 2.05) is 13.8 Å². The Morgan fingerprint density at radius 1 is 1.31 bits per heavy atom. The van der Waals surface area contributed by atoms with E-state index in [2.05, 4.69) is 10.4 Å². The summed E-state index contributed by atoms with van der Waals surface area (Å²) in [6, 6.07) is 6.77. The van der Waals surface area contributed by atoms with Crippen LogP contribution in [0.3, 0.4) is 0 Å². The van der Waals surface area contributed by atoms with E-state index in [4.69, 9.17) is 0 Å². The third-order valence-electron chi connectivity index (χ3n) is 4.41. The molecule has 2 heterocycles. The second kappa shape index (κ2) is 7.19. The average Bonchev–Trinajstić information content (AvgIpc) is 2.90. The highest BCUT2D eigenvalue weighted by molar-refractivity contribution is 7.91. The molecule has 2 aromatic rings. The van der Waals surface area contributed by atoms with Gasteiger partial charge in [-0.25, -0.2) is 13.1 Å². The number of nitrogens with zero attached hydrogens (tertiary/aromatic N) is 2. The van der Waals surface area contributed by atoms with E-state index >= 15 is 0 Å². The van der Waals surface area contributed by atoms with Crippen molar-refractivity contribution in [3.63, 3.8) is 0 Å². The van der Waals surface area contributed by atoms with Crippen LogP contribution in [0.5, 0.6) is 0 Å². The molecule has 8 heteroatoms. The molecule has 0 saturated carbocycles. The van der Waals surface area contributed by atoms with Crippen LogP contribution in [0.4, 0.5) is 0 Å². The van der Waals surface area contributed by atoms with Gasteiger partial charge < -0.3 is 5.32 Å². The summed E-state index contributed by atoms with van der Waals surface area (Å²) in [4.78, 5) is 25.0. The van der Waals surface area contributed by atoms with Crippen molar-refractivity contribution in [2.45, 2.75) is 39.3 Å². The number of fused-ring (bicyclic) bond motifs is 1. The van der Waals surface area contributed by atoms with Crippen LogP contribution < -0.4 is 10.9 Å². The molecular weight excluding hydrogens is 354 g/mol. The van der Waals surface area contributed by atoms with Crippen molar-refractivity contribution in [3.05, 3.63) is 40.3 Å². The highest BCUT2D eigenvalue weighted by atomic mass is 32.2. The fourth-order valence-electron chi connectivity index (χ4n) is 3.25. The summed E-state index contributed by atoms with van der Waals surface area (Å²) in [5.74, 6) is 0.0595. The molecule has 0 aliphatic carbocycles. The number of sulfone groups is 1. The molecule has 26 heavy (non-hydrogen) atoms. The molecule has 1 amide bonds. The Morgan fingerprint density at radius 3 is 2.62 bits per heavy atom. The van der Waals surface area contributed by atoms with Gasteiger partial charge in [-0.3, -0.25) is 9.59 Å². The van der Waals surface area contributed by atoms with E-state index < -0.39 is 9.84 Å². The molecule has 1 aliphatic rings. The van der Waals surface area contributed by atoms with Crippen LogP contribution in [-0.4, -0.2) is 41.7 Å². The average molecular weight is 377 g/mol. The fraction of sp³-hybridized carbons (Fsp3) is 0.500. The van der Waals surface area contributed by atoms with Crippen LogP contribution in [0.25, 0.3) is 10.8 Å². The first-order chi connectivity index (χ1) is 12.2. The third kappa shape index (κ3) is 4.12. The second-order valence-electron chi connectivity index (χ2n) is 7.22. The number of rotatable bonds is 5.